The van der Waals surface area contributed by atoms with Crippen LogP contribution in [-0.4, -0.2) is 37.2 Å². The molecule has 0 N–H and O–H groups in total. The van der Waals surface area contributed by atoms with Gasteiger partial charge in [-0.3, -0.25) is 14.4 Å². The lowest BCUT2D eigenvalue weighted by atomic mass is 10.1. The number of rotatable bonds is 59. The summed E-state index contributed by atoms with van der Waals surface area (Å²) in [7, 11) is 0. The number of allylic oxidation sites excluding steroid dienone is 18. The lowest BCUT2D eigenvalue weighted by molar-refractivity contribution is -0.167. The van der Waals surface area contributed by atoms with Crippen LogP contribution in [0.2, 0.25) is 0 Å². The molecule has 0 saturated heterocycles. The molecule has 0 bridgehead atoms. The summed E-state index contributed by atoms with van der Waals surface area (Å²) in [4.78, 5) is 38.3. The van der Waals surface area contributed by atoms with Gasteiger partial charge in [0.25, 0.3) is 0 Å². The molecule has 0 aromatic carbocycles. The fraction of sp³-hybridized carbons (Fsp3) is 0.708. The molecule has 0 rings (SSSR count). The fourth-order valence-electron chi connectivity index (χ4n) is 9.06. The number of unbranched alkanes of at least 4 members (excludes halogenated alkanes) is 30. The Balaban J connectivity index is 4.29. The van der Waals surface area contributed by atoms with Crippen molar-refractivity contribution in [2.24, 2.45) is 0 Å². The smallest absolute Gasteiger partial charge is 0.306 e. The Kier molecular flexibility index (Phi) is 62.3. The van der Waals surface area contributed by atoms with Gasteiger partial charge in [-0.1, -0.05) is 271 Å². The van der Waals surface area contributed by atoms with Crippen molar-refractivity contribution in [1.29, 1.82) is 0 Å². The zero-order valence-corrected chi connectivity index (χ0v) is 51.2. The van der Waals surface area contributed by atoms with Gasteiger partial charge >= 0.3 is 17.9 Å². The standard InChI is InChI=1S/C72H122O6/c1-4-7-10-13-16-19-22-25-27-29-31-32-33-34-35-36-37-38-39-40-42-43-45-47-50-53-56-59-62-65-71(74)77-68-69(67-76-70(73)64-61-58-55-52-49-24-21-18-15-12-9-6-3)78-72(75)66-63-60-57-54-51-48-46-44-41-30-28-26-23-20-17-14-11-8-5-2/h7,10,16-21,25-28,31-32,34-35,37-38,69H,4-6,8-9,11-15,22-24,29-30,33,36,39-68H2,1-3H3/b10-7-,19-16-,20-17-,21-18-,27-25-,28-26-,32-31-,35-34-,38-37-. The zero-order chi connectivity index (χ0) is 56.4. The van der Waals surface area contributed by atoms with Gasteiger partial charge in [0.2, 0.25) is 0 Å². The Morgan fingerprint density at radius 1 is 0.269 bits per heavy atom. The van der Waals surface area contributed by atoms with Gasteiger partial charge in [0, 0.05) is 19.3 Å². The lowest BCUT2D eigenvalue weighted by Gasteiger charge is -2.18. The van der Waals surface area contributed by atoms with E-state index >= 15 is 0 Å². The molecule has 0 aliphatic rings. The summed E-state index contributed by atoms with van der Waals surface area (Å²) < 4.78 is 16.9. The van der Waals surface area contributed by atoms with Gasteiger partial charge in [0.05, 0.1) is 0 Å². The molecule has 0 heterocycles. The molecular weight excluding hydrogens is 961 g/mol. The Morgan fingerprint density at radius 3 is 0.795 bits per heavy atom. The minimum atomic E-state index is -0.787. The van der Waals surface area contributed by atoms with Gasteiger partial charge in [-0.15, -0.1) is 0 Å². The first-order valence-corrected chi connectivity index (χ1v) is 32.9. The first-order chi connectivity index (χ1) is 38.5. The molecule has 1 unspecified atom stereocenters. The number of ether oxygens (including phenoxy) is 3. The van der Waals surface area contributed by atoms with Crippen LogP contribution in [0.3, 0.4) is 0 Å². The van der Waals surface area contributed by atoms with Crippen LogP contribution in [0.4, 0.5) is 0 Å². The van der Waals surface area contributed by atoms with E-state index in [0.717, 1.165) is 109 Å². The summed E-state index contributed by atoms with van der Waals surface area (Å²) in [6, 6.07) is 0. The molecule has 1 atom stereocenters. The molecule has 0 spiro atoms. The lowest BCUT2D eigenvalue weighted by Crippen LogP contribution is -2.30. The van der Waals surface area contributed by atoms with Crippen molar-refractivity contribution in [3.63, 3.8) is 0 Å². The number of carbonyl (C=O) groups is 3. The molecule has 0 aliphatic carbocycles. The Hall–Kier alpha value is -3.93. The molecule has 0 amide bonds. The van der Waals surface area contributed by atoms with Crippen LogP contribution in [0.15, 0.2) is 109 Å². The monoisotopic (exact) mass is 1080 g/mol. The van der Waals surface area contributed by atoms with Crippen molar-refractivity contribution < 1.29 is 28.6 Å². The zero-order valence-electron chi connectivity index (χ0n) is 51.2. The summed E-state index contributed by atoms with van der Waals surface area (Å²) in [5.74, 6) is -0.893. The predicted octanol–water partition coefficient (Wildman–Crippen LogP) is 22.6. The Bertz CT molecular complexity index is 1570. The number of esters is 3. The third-order valence-corrected chi connectivity index (χ3v) is 14.0. The van der Waals surface area contributed by atoms with Crippen LogP contribution in [0.5, 0.6) is 0 Å². The summed E-state index contributed by atoms with van der Waals surface area (Å²) >= 11 is 0. The second-order valence-corrected chi connectivity index (χ2v) is 21.6. The van der Waals surface area contributed by atoms with E-state index < -0.39 is 6.10 Å². The largest absolute Gasteiger partial charge is 0.462 e. The maximum Gasteiger partial charge on any atom is 0.306 e. The van der Waals surface area contributed by atoms with Gasteiger partial charge in [-0.2, -0.15) is 0 Å². The van der Waals surface area contributed by atoms with Gasteiger partial charge in [0.1, 0.15) is 13.2 Å². The topological polar surface area (TPSA) is 78.9 Å². The average Bonchev–Trinajstić information content (AvgIpc) is 3.44. The van der Waals surface area contributed by atoms with Gasteiger partial charge in [-0.25, -0.2) is 0 Å². The fourth-order valence-corrected chi connectivity index (χ4v) is 9.06. The molecule has 6 heteroatoms. The van der Waals surface area contributed by atoms with E-state index in [0.29, 0.717) is 19.3 Å². The van der Waals surface area contributed by atoms with E-state index in [4.69, 9.17) is 14.2 Å². The Labute approximate surface area is 482 Å². The highest BCUT2D eigenvalue weighted by Gasteiger charge is 2.19. The van der Waals surface area contributed by atoms with Crippen molar-refractivity contribution in [3.8, 4) is 0 Å². The van der Waals surface area contributed by atoms with Crippen LogP contribution >= 0.6 is 0 Å². The molecule has 6 nitrogen and oxygen atoms in total. The van der Waals surface area contributed by atoms with E-state index in [2.05, 4.69) is 130 Å². The summed E-state index contributed by atoms with van der Waals surface area (Å²) in [6.07, 6.45) is 89.5. The van der Waals surface area contributed by atoms with E-state index in [9.17, 15) is 14.4 Å². The van der Waals surface area contributed by atoms with Gasteiger partial charge in [-0.05, 0) is 128 Å². The summed E-state index contributed by atoms with van der Waals surface area (Å²) in [6.45, 7) is 6.48. The highest BCUT2D eigenvalue weighted by molar-refractivity contribution is 5.71. The molecule has 0 aromatic rings. The summed E-state index contributed by atoms with van der Waals surface area (Å²) in [5, 5.41) is 0. The first-order valence-electron chi connectivity index (χ1n) is 32.9. The molecule has 0 saturated carbocycles. The van der Waals surface area contributed by atoms with Gasteiger partial charge in [0.15, 0.2) is 6.10 Å². The number of hydrogen-bond acceptors (Lipinski definition) is 6. The third kappa shape index (κ3) is 62.9. The quantitative estimate of drug-likeness (QED) is 0.0261. The second-order valence-electron chi connectivity index (χ2n) is 21.6. The van der Waals surface area contributed by atoms with Crippen LogP contribution in [0.25, 0.3) is 0 Å². The van der Waals surface area contributed by atoms with E-state index in [1.807, 2.05) is 0 Å². The molecule has 446 valence electrons. The molecule has 0 aromatic heterocycles. The minimum Gasteiger partial charge on any atom is -0.462 e. The highest BCUT2D eigenvalue weighted by atomic mass is 16.6. The van der Waals surface area contributed by atoms with Crippen LogP contribution in [-0.2, 0) is 28.6 Å². The normalized spacial score (nSPS) is 12.8. The molecule has 0 aliphatic heterocycles. The Morgan fingerprint density at radius 2 is 0.500 bits per heavy atom. The van der Waals surface area contributed by atoms with E-state index in [-0.39, 0.29) is 31.1 Å². The molecular formula is C72H122O6. The minimum absolute atomic E-state index is 0.0842. The van der Waals surface area contributed by atoms with Crippen molar-refractivity contribution >= 4 is 17.9 Å². The highest BCUT2D eigenvalue weighted by Crippen LogP contribution is 2.16. The molecule has 0 fully saturated rings. The SMILES string of the molecule is CC/C=C\C/C=C\C/C=C\C/C=C\C/C=C\C/C=C\CCCCCCCCCCCCC(=O)OCC(COC(=O)CCCCCCC/C=C\CCCCC)OC(=O)CCCCCCCCCCC/C=C\C/C=C\CCCCC. The van der Waals surface area contributed by atoms with Gasteiger partial charge < -0.3 is 14.2 Å². The summed E-state index contributed by atoms with van der Waals surface area (Å²) in [5.41, 5.74) is 0. The van der Waals surface area contributed by atoms with E-state index in [1.165, 1.54) is 161 Å². The molecule has 0 radical (unpaired) electrons. The third-order valence-electron chi connectivity index (χ3n) is 14.0. The number of carbonyl (C=O) groups excluding carboxylic acids is 3. The van der Waals surface area contributed by atoms with Crippen molar-refractivity contribution in [2.75, 3.05) is 13.2 Å². The van der Waals surface area contributed by atoms with Crippen molar-refractivity contribution in [2.45, 2.75) is 316 Å². The van der Waals surface area contributed by atoms with Crippen molar-refractivity contribution in [3.05, 3.63) is 109 Å². The van der Waals surface area contributed by atoms with Crippen LogP contribution in [0, 0.1) is 0 Å². The second kappa shape index (κ2) is 65.6. The van der Waals surface area contributed by atoms with E-state index in [1.54, 1.807) is 0 Å². The first kappa shape index (κ1) is 74.1. The maximum absolute atomic E-state index is 12.9. The van der Waals surface area contributed by atoms with Crippen molar-refractivity contribution in [1.82, 2.24) is 0 Å². The van der Waals surface area contributed by atoms with Crippen LogP contribution in [0.1, 0.15) is 310 Å². The van der Waals surface area contributed by atoms with Crippen LogP contribution < -0.4 is 0 Å². The maximum atomic E-state index is 12.9. The number of hydrogen-bond donors (Lipinski definition) is 0. The average molecular weight is 1080 g/mol. The predicted molar refractivity (Wildman–Crippen MR) is 339 cm³/mol. The molecule has 78 heavy (non-hydrogen) atoms.